The van der Waals surface area contributed by atoms with Gasteiger partial charge in [0.15, 0.2) is 0 Å². The number of carbonyl (C=O) groups is 1. The summed E-state index contributed by atoms with van der Waals surface area (Å²) in [6, 6.07) is 5.28. The molecule has 0 saturated heterocycles. The Hall–Kier alpha value is -1.79. The molecular formula is C14H23N3O3. The normalized spacial score (nSPS) is 12.2. The number of nitrogens with one attached hydrogen (secondary N) is 1. The lowest BCUT2D eigenvalue weighted by molar-refractivity contribution is -0.117. The molecule has 0 bridgehead atoms. The number of likely N-dealkylation sites (N-methyl/N-ethyl adjacent to an activating group) is 1. The summed E-state index contributed by atoms with van der Waals surface area (Å²) in [6.07, 6.45) is 0. The summed E-state index contributed by atoms with van der Waals surface area (Å²) in [5.41, 5.74) is 6.86. The highest BCUT2D eigenvalue weighted by Gasteiger charge is 2.14. The summed E-state index contributed by atoms with van der Waals surface area (Å²) in [5.74, 6) is 0.458. The van der Waals surface area contributed by atoms with Crippen LogP contribution in [0.25, 0.3) is 0 Å². The van der Waals surface area contributed by atoms with Gasteiger partial charge in [-0.1, -0.05) is 0 Å². The fraction of sp³-hybridized carbons (Fsp3) is 0.500. The van der Waals surface area contributed by atoms with E-state index in [-0.39, 0.29) is 18.5 Å². The predicted molar refractivity (Wildman–Crippen MR) is 80.0 cm³/mol. The van der Waals surface area contributed by atoms with Crippen molar-refractivity contribution < 1.29 is 14.3 Å². The van der Waals surface area contributed by atoms with Crippen LogP contribution in [-0.2, 0) is 9.53 Å². The lowest BCUT2D eigenvalue weighted by Gasteiger charge is -2.23. The van der Waals surface area contributed by atoms with Gasteiger partial charge in [0.05, 0.1) is 25.9 Å². The van der Waals surface area contributed by atoms with Crippen LogP contribution in [-0.4, -0.2) is 51.3 Å². The van der Waals surface area contributed by atoms with Crippen molar-refractivity contribution in [2.75, 3.05) is 45.5 Å². The van der Waals surface area contributed by atoms with E-state index in [0.717, 1.165) is 0 Å². The average molecular weight is 281 g/mol. The molecule has 1 rings (SSSR count). The van der Waals surface area contributed by atoms with Gasteiger partial charge < -0.3 is 20.5 Å². The number of carbonyl (C=O) groups excluding carboxylic acids is 1. The molecule has 0 aliphatic heterocycles. The fourth-order valence-corrected chi connectivity index (χ4v) is 1.76. The number of rotatable bonds is 7. The molecule has 1 atom stereocenters. The Bertz CT molecular complexity index is 451. The zero-order valence-electron chi connectivity index (χ0n) is 12.5. The smallest absolute Gasteiger partial charge is 0.238 e. The minimum Gasteiger partial charge on any atom is -0.495 e. The Kier molecular flexibility index (Phi) is 6.27. The second kappa shape index (κ2) is 7.72. The number of anilines is 2. The number of benzene rings is 1. The molecule has 20 heavy (non-hydrogen) atoms. The SMILES string of the molecule is COCC(C)N(C)CC(=O)Nc1cc(N)ccc1OC. The van der Waals surface area contributed by atoms with Crippen LogP contribution in [0.1, 0.15) is 6.92 Å². The van der Waals surface area contributed by atoms with Crippen LogP contribution in [0.4, 0.5) is 11.4 Å². The van der Waals surface area contributed by atoms with Gasteiger partial charge in [-0.3, -0.25) is 9.69 Å². The van der Waals surface area contributed by atoms with Crippen molar-refractivity contribution in [1.29, 1.82) is 0 Å². The molecule has 1 aromatic rings. The van der Waals surface area contributed by atoms with Gasteiger partial charge in [-0.15, -0.1) is 0 Å². The van der Waals surface area contributed by atoms with E-state index in [4.69, 9.17) is 15.2 Å². The minimum atomic E-state index is -0.126. The molecule has 112 valence electrons. The van der Waals surface area contributed by atoms with Gasteiger partial charge >= 0.3 is 0 Å². The summed E-state index contributed by atoms with van der Waals surface area (Å²) in [5, 5.41) is 2.80. The molecule has 0 aromatic heterocycles. The molecular weight excluding hydrogens is 258 g/mol. The monoisotopic (exact) mass is 281 g/mol. The van der Waals surface area contributed by atoms with Crippen LogP contribution in [0.15, 0.2) is 18.2 Å². The van der Waals surface area contributed by atoms with Crippen molar-refractivity contribution in [3.05, 3.63) is 18.2 Å². The quantitative estimate of drug-likeness (QED) is 0.734. The van der Waals surface area contributed by atoms with Gasteiger partial charge in [0.1, 0.15) is 5.75 Å². The summed E-state index contributed by atoms with van der Waals surface area (Å²) < 4.78 is 10.3. The number of amides is 1. The first-order chi connectivity index (χ1) is 9.47. The fourth-order valence-electron chi connectivity index (χ4n) is 1.76. The highest BCUT2D eigenvalue weighted by Crippen LogP contribution is 2.26. The van der Waals surface area contributed by atoms with Crippen molar-refractivity contribution in [2.24, 2.45) is 0 Å². The third-order valence-electron chi connectivity index (χ3n) is 3.05. The topological polar surface area (TPSA) is 76.8 Å². The zero-order chi connectivity index (χ0) is 15.1. The molecule has 3 N–H and O–H groups in total. The zero-order valence-corrected chi connectivity index (χ0v) is 12.5. The molecule has 6 nitrogen and oxygen atoms in total. The maximum absolute atomic E-state index is 12.0. The van der Waals surface area contributed by atoms with Crippen LogP contribution < -0.4 is 15.8 Å². The van der Waals surface area contributed by atoms with Gasteiger partial charge in [-0.2, -0.15) is 0 Å². The first-order valence-electron chi connectivity index (χ1n) is 6.40. The van der Waals surface area contributed by atoms with Gasteiger partial charge in [0, 0.05) is 18.8 Å². The summed E-state index contributed by atoms with van der Waals surface area (Å²) in [7, 11) is 5.07. The molecule has 0 radical (unpaired) electrons. The first-order valence-corrected chi connectivity index (χ1v) is 6.40. The van der Waals surface area contributed by atoms with Gasteiger partial charge in [0.25, 0.3) is 0 Å². The largest absolute Gasteiger partial charge is 0.495 e. The number of methoxy groups -OCH3 is 2. The maximum atomic E-state index is 12.0. The van der Waals surface area contributed by atoms with E-state index in [1.165, 1.54) is 0 Å². The number of nitrogens with two attached hydrogens (primary N) is 1. The molecule has 0 heterocycles. The molecule has 0 aliphatic carbocycles. The van der Waals surface area contributed by atoms with E-state index in [0.29, 0.717) is 23.7 Å². The summed E-state index contributed by atoms with van der Waals surface area (Å²) >= 11 is 0. The Balaban J connectivity index is 2.64. The Morgan fingerprint density at radius 2 is 2.15 bits per heavy atom. The van der Waals surface area contributed by atoms with Crippen LogP contribution in [0, 0.1) is 0 Å². The van der Waals surface area contributed by atoms with Crippen molar-refractivity contribution >= 4 is 17.3 Å². The minimum absolute atomic E-state index is 0.126. The Morgan fingerprint density at radius 1 is 1.45 bits per heavy atom. The van der Waals surface area contributed by atoms with E-state index < -0.39 is 0 Å². The van der Waals surface area contributed by atoms with Gasteiger partial charge in [-0.25, -0.2) is 0 Å². The lowest BCUT2D eigenvalue weighted by Crippen LogP contribution is -2.38. The highest BCUT2D eigenvalue weighted by atomic mass is 16.5. The number of hydrogen-bond donors (Lipinski definition) is 2. The second-order valence-electron chi connectivity index (χ2n) is 4.73. The average Bonchev–Trinajstić information content (AvgIpc) is 2.39. The molecule has 1 aromatic carbocycles. The van der Waals surface area contributed by atoms with Crippen molar-refractivity contribution in [3.63, 3.8) is 0 Å². The highest BCUT2D eigenvalue weighted by molar-refractivity contribution is 5.94. The van der Waals surface area contributed by atoms with E-state index in [2.05, 4.69) is 5.32 Å². The third kappa shape index (κ3) is 4.71. The third-order valence-corrected chi connectivity index (χ3v) is 3.05. The first kappa shape index (κ1) is 16.3. The standard InChI is InChI=1S/C14H23N3O3/c1-10(9-19-3)17(2)8-14(18)16-12-7-11(15)5-6-13(12)20-4/h5-7,10H,8-9,15H2,1-4H3,(H,16,18). The van der Waals surface area contributed by atoms with E-state index in [1.54, 1.807) is 32.4 Å². The van der Waals surface area contributed by atoms with E-state index in [9.17, 15) is 4.79 Å². The second-order valence-corrected chi connectivity index (χ2v) is 4.73. The Morgan fingerprint density at radius 3 is 2.75 bits per heavy atom. The molecule has 6 heteroatoms. The number of nitrogen functional groups attached to an aromatic ring is 1. The van der Waals surface area contributed by atoms with Gasteiger partial charge in [-0.05, 0) is 32.2 Å². The number of ether oxygens (including phenoxy) is 2. The van der Waals surface area contributed by atoms with Crippen LogP contribution in [0.2, 0.25) is 0 Å². The molecule has 0 saturated carbocycles. The van der Waals surface area contributed by atoms with Crippen LogP contribution >= 0.6 is 0 Å². The predicted octanol–water partition coefficient (Wildman–Crippen LogP) is 1.18. The number of nitrogens with zero attached hydrogens (tertiary/aromatic N) is 1. The van der Waals surface area contributed by atoms with Gasteiger partial charge in [0.2, 0.25) is 5.91 Å². The van der Waals surface area contributed by atoms with E-state index in [1.807, 2.05) is 18.9 Å². The molecule has 1 unspecified atom stereocenters. The summed E-state index contributed by atoms with van der Waals surface area (Å²) in [4.78, 5) is 13.9. The Labute approximate surface area is 119 Å². The molecule has 0 fully saturated rings. The molecule has 1 amide bonds. The van der Waals surface area contributed by atoms with Crippen molar-refractivity contribution in [2.45, 2.75) is 13.0 Å². The van der Waals surface area contributed by atoms with Crippen LogP contribution in [0.5, 0.6) is 5.75 Å². The maximum Gasteiger partial charge on any atom is 0.238 e. The number of hydrogen-bond acceptors (Lipinski definition) is 5. The van der Waals surface area contributed by atoms with Crippen molar-refractivity contribution in [1.82, 2.24) is 4.90 Å². The summed E-state index contributed by atoms with van der Waals surface area (Å²) in [6.45, 7) is 2.84. The van der Waals surface area contributed by atoms with Crippen molar-refractivity contribution in [3.8, 4) is 5.75 Å². The van der Waals surface area contributed by atoms with E-state index >= 15 is 0 Å². The molecule has 0 aliphatic rings. The molecule has 0 spiro atoms. The lowest BCUT2D eigenvalue weighted by atomic mass is 10.2. The van der Waals surface area contributed by atoms with Crippen LogP contribution in [0.3, 0.4) is 0 Å².